The third-order valence-electron chi connectivity index (χ3n) is 2.83. The number of rotatable bonds is 1. The van der Waals surface area contributed by atoms with Crippen molar-refractivity contribution < 1.29 is 0 Å². The van der Waals surface area contributed by atoms with E-state index in [2.05, 4.69) is 34.8 Å². The highest BCUT2D eigenvalue weighted by Crippen LogP contribution is 2.35. The van der Waals surface area contributed by atoms with Crippen LogP contribution in [0.3, 0.4) is 0 Å². The van der Waals surface area contributed by atoms with Gasteiger partial charge in [-0.3, -0.25) is 0 Å². The highest BCUT2D eigenvalue weighted by molar-refractivity contribution is 9.10. The summed E-state index contributed by atoms with van der Waals surface area (Å²) in [5.41, 5.74) is 10.7. The molecule has 0 aromatic carbocycles. The van der Waals surface area contributed by atoms with Crippen molar-refractivity contribution in [1.29, 1.82) is 0 Å². The van der Waals surface area contributed by atoms with Crippen LogP contribution < -0.4 is 5.73 Å². The smallest absolute Gasteiger partial charge is 0.110 e. The SMILES string of the molecule is CC(C)c1nc(Br)c2c(c1N)CCC2. The lowest BCUT2D eigenvalue weighted by Crippen LogP contribution is -2.05. The van der Waals surface area contributed by atoms with Gasteiger partial charge in [0.15, 0.2) is 0 Å². The van der Waals surface area contributed by atoms with Crippen LogP contribution in [0.4, 0.5) is 5.69 Å². The molecule has 0 unspecified atom stereocenters. The van der Waals surface area contributed by atoms with E-state index in [0.717, 1.165) is 28.8 Å². The third kappa shape index (κ3) is 1.44. The van der Waals surface area contributed by atoms with Gasteiger partial charge >= 0.3 is 0 Å². The van der Waals surface area contributed by atoms with Gasteiger partial charge in [-0.05, 0) is 52.2 Å². The number of nitrogens with two attached hydrogens (primary N) is 1. The number of hydrogen-bond donors (Lipinski definition) is 1. The molecule has 2 rings (SSSR count). The van der Waals surface area contributed by atoms with E-state index in [0.29, 0.717) is 5.92 Å². The molecule has 0 amide bonds. The normalized spacial score (nSPS) is 14.9. The minimum atomic E-state index is 0.400. The number of pyridine rings is 1. The zero-order chi connectivity index (χ0) is 10.3. The Morgan fingerprint density at radius 1 is 1.29 bits per heavy atom. The molecule has 0 aliphatic heterocycles. The average Bonchev–Trinajstić information content (AvgIpc) is 2.59. The third-order valence-corrected chi connectivity index (χ3v) is 3.49. The minimum absolute atomic E-state index is 0.400. The Kier molecular flexibility index (Phi) is 2.52. The van der Waals surface area contributed by atoms with Crippen molar-refractivity contribution in [2.75, 3.05) is 5.73 Å². The van der Waals surface area contributed by atoms with E-state index in [-0.39, 0.29) is 0 Å². The van der Waals surface area contributed by atoms with E-state index in [1.165, 1.54) is 17.5 Å². The molecule has 0 fully saturated rings. The van der Waals surface area contributed by atoms with Crippen molar-refractivity contribution in [1.82, 2.24) is 4.98 Å². The first-order chi connectivity index (χ1) is 6.61. The fourth-order valence-electron chi connectivity index (χ4n) is 2.10. The van der Waals surface area contributed by atoms with Crippen LogP contribution in [0.25, 0.3) is 0 Å². The Labute approximate surface area is 93.0 Å². The molecule has 14 heavy (non-hydrogen) atoms. The molecule has 2 N–H and O–H groups in total. The van der Waals surface area contributed by atoms with E-state index >= 15 is 0 Å². The summed E-state index contributed by atoms with van der Waals surface area (Å²) < 4.78 is 1.00. The van der Waals surface area contributed by atoms with Crippen molar-refractivity contribution in [2.24, 2.45) is 0 Å². The first-order valence-electron chi connectivity index (χ1n) is 5.08. The number of anilines is 1. The monoisotopic (exact) mass is 254 g/mol. The molecule has 2 nitrogen and oxygen atoms in total. The van der Waals surface area contributed by atoms with Crippen molar-refractivity contribution in [3.05, 3.63) is 21.4 Å². The quantitative estimate of drug-likeness (QED) is 0.783. The average molecular weight is 255 g/mol. The predicted molar refractivity (Wildman–Crippen MR) is 62.5 cm³/mol. The van der Waals surface area contributed by atoms with Crippen molar-refractivity contribution in [3.63, 3.8) is 0 Å². The van der Waals surface area contributed by atoms with Crippen LogP contribution in [0, 0.1) is 0 Å². The second-order valence-electron chi connectivity index (χ2n) is 4.17. The Morgan fingerprint density at radius 2 is 1.93 bits per heavy atom. The molecular formula is C11H15BrN2. The first kappa shape index (κ1) is 9.97. The highest BCUT2D eigenvalue weighted by Gasteiger charge is 2.21. The van der Waals surface area contributed by atoms with E-state index < -0.39 is 0 Å². The summed E-state index contributed by atoms with van der Waals surface area (Å²) in [5.74, 6) is 0.400. The van der Waals surface area contributed by atoms with Gasteiger partial charge < -0.3 is 5.73 Å². The summed E-state index contributed by atoms with van der Waals surface area (Å²) >= 11 is 3.53. The molecule has 0 saturated heterocycles. The van der Waals surface area contributed by atoms with E-state index in [9.17, 15) is 0 Å². The standard InChI is InChI=1S/C11H15BrN2/c1-6(2)10-9(13)7-4-3-5-8(7)11(12)14-10/h6H,3-5,13H2,1-2H3. The lowest BCUT2D eigenvalue weighted by Gasteiger charge is -2.13. The number of nitrogen functional groups attached to an aromatic ring is 1. The maximum absolute atomic E-state index is 6.12. The summed E-state index contributed by atoms with van der Waals surface area (Å²) in [7, 11) is 0. The van der Waals surface area contributed by atoms with Crippen LogP contribution in [0.5, 0.6) is 0 Å². The van der Waals surface area contributed by atoms with Gasteiger partial charge in [-0.15, -0.1) is 0 Å². The molecule has 76 valence electrons. The van der Waals surface area contributed by atoms with Crippen LogP contribution in [0.15, 0.2) is 4.60 Å². The van der Waals surface area contributed by atoms with Gasteiger partial charge in [-0.1, -0.05) is 13.8 Å². The van der Waals surface area contributed by atoms with Crippen molar-refractivity contribution in [3.8, 4) is 0 Å². The lowest BCUT2D eigenvalue weighted by atomic mass is 10.0. The second kappa shape index (κ2) is 3.54. The topological polar surface area (TPSA) is 38.9 Å². The number of aromatic nitrogens is 1. The largest absolute Gasteiger partial charge is 0.397 e. The molecule has 1 aliphatic rings. The van der Waals surface area contributed by atoms with E-state index in [4.69, 9.17) is 5.73 Å². The maximum Gasteiger partial charge on any atom is 0.110 e. The van der Waals surface area contributed by atoms with Crippen LogP contribution >= 0.6 is 15.9 Å². The highest BCUT2D eigenvalue weighted by atomic mass is 79.9. The minimum Gasteiger partial charge on any atom is -0.397 e. The van der Waals surface area contributed by atoms with Crippen LogP contribution in [-0.4, -0.2) is 4.98 Å². The summed E-state index contributed by atoms with van der Waals surface area (Å²) in [4.78, 5) is 4.54. The summed E-state index contributed by atoms with van der Waals surface area (Å²) in [5, 5.41) is 0. The van der Waals surface area contributed by atoms with Crippen molar-refractivity contribution in [2.45, 2.75) is 39.0 Å². The number of fused-ring (bicyclic) bond motifs is 1. The predicted octanol–water partition coefficient (Wildman–Crippen LogP) is 3.04. The van der Waals surface area contributed by atoms with Gasteiger partial charge in [0.05, 0.1) is 11.4 Å². The molecule has 0 saturated carbocycles. The van der Waals surface area contributed by atoms with Gasteiger partial charge in [0.25, 0.3) is 0 Å². The molecule has 1 aromatic heterocycles. The van der Waals surface area contributed by atoms with Crippen LogP contribution in [-0.2, 0) is 12.8 Å². The molecule has 3 heteroatoms. The Morgan fingerprint density at radius 3 is 2.57 bits per heavy atom. The number of nitrogens with zero attached hydrogens (tertiary/aromatic N) is 1. The molecule has 0 radical (unpaired) electrons. The zero-order valence-electron chi connectivity index (χ0n) is 8.60. The fourth-order valence-corrected chi connectivity index (χ4v) is 2.73. The molecule has 1 heterocycles. The summed E-state index contributed by atoms with van der Waals surface area (Å²) in [6.45, 7) is 4.26. The molecule has 0 bridgehead atoms. The van der Waals surface area contributed by atoms with Gasteiger partial charge in [-0.25, -0.2) is 4.98 Å². The maximum atomic E-state index is 6.12. The molecule has 1 aliphatic carbocycles. The summed E-state index contributed by atoms with van der Waals surface area (Å²) in [6, 6.07) is 0. The van der Waals surface area contributed by atoms with Crippen LogP contribution in [0.2, 0.25) is 0 Å². The molecule has 0 atom stereocenters. The Hall–Kier alpha value is -0.570. The van der Waals surface area contributed by atoms with Crippen molar-refractivity contribution >= 4 is 21.6 Å². The molecule has 1 aromatic rings. The van der Waals surface area contributed by atoms with Gasteiger partial charge in [0.2, 0.25) is 0 Å². The number of halogens is 1. The molecular weight excluding hydrogens is 240 g/mol. The van der Waals surface area contributed by atoms with E-state index in [1.807, 2.05) is 0 Å². The van der Waals surface area contributed by atoms with Gasteiger partial charge in [0.1, 0.15) is 4.60 Å². The molecule has 0 spiro atoms. The Bertz CT molecular complexity index is 372. The van der Waals surface area contributed by atoms with Gasteiger partial charge in [-0.2, -0.15) is 0 Å². The fraction of sp³-hybridized carbons (Fsp3) is 0.545. The van der Waals surface area contributed by atoms with Gasteiger partial charge in [0, 0.05) is 0 Å². The Balaban J connectivity index is 2.62. The lowest BCUT2D eigenvalue weighted by molar-refractivity contribution is 0.818. The zero-order valence-corrected chi connectivity index (χ0v) is 10.2. The van der Waals surface area contributed by atoms with Crippen LogP contribution in [0.1, 0.15) is 43.0 Å². The number of hydrogen-bond acceptors (Lipinski definition) is 2. The summed E-state index contributed by atoms with van der Waals surface area (Å²) in [6.07, 6.45) is 3.44. The van der Waals surface area contributed by atoms with E-state index in [1.54, 1.807) is 0 Å². The second-order valence-corrected chi connectivity index (χ2v) is 4.92. The first-order valence-corrected chi connectivity index (χ1v) is 5.87.